The van der Waals surface area contributed by atoms with Crippen molar-refractivity contribution in [2.45, 2.75) is 44.1 Å². The molecule has 6 heteroatoms. The molecule has 2 aromatic carbocycles. The lowest BCUT2D eigenvalue weighted by atomic mass is 9.74. The average Bonchev–Trinajstić information content (AvgIpc) is 3.24. The average molecular weight is 478 g/mol. The predicted octanol–water partition coefficient (Wildman–Crippen LogP) is 4.21. The lowest BCUT2D eigenvalue weighted by Crippen LogP contribution is -2.48. The van der Waals surface area contributed by atoms with Gasteiger partial charge in [-0.15, -0.1) is 0 Å². The summed E-state index contributed by atoms with van der Waals surface area (Å²) in [6.45, 7) is 6.81. The lowest BCUT2D eigenvalue weighted by Gasteiger charge is -2.41. The molecule has 2 fully saturated rings. The zero-order valence-corrected chi connectivity index (χ0v) is 20.5. The monoisotopic (exact) mass is 477 g/mol. The van der Waals surface area contributed by atoms with E-state index in [-0.39, 0.29) is 29.2 Å². The molecule has 0 bridgehead atoms. The summed E-state index contributed by atoms with van der Waals surface area (Å²) >= 11 is 0. The van der Waals surface area contributed by atoms with Crippen LogP contribution in [0.15, 0.2) is 48.5 Å². The zero-order valence-electron chi connectivity index (χ0n) is 20.5. The highest BCUT2D eigenvalue weighted by Gasteiger charge is 2.41. The predicted molar refractivity (Wildman–Crippen MR) is 138 cm³/mol. The van der Waals surface area contributed by atoms with Crippen LogP contribution < -0.4 is 5.32 Å². The van der Waals surface area contributed by atoms with Crippen LogP contribution in [0.1, 0.15) is 42.4 Å². The minimum atomic E-state index is -0.354. The van der Waals surface area contributed by atoms with Gasteiger partial charge in [-0.1, -0.05) is 24.3 Å². The third kappa shape index (κ3) is 5.14. The summed E-state index contributed by atoms with van der Waals surface area (Å²) < 4.78 is 13.4. The maximum absolute atomic E-state index is 13.4. The van der Waals surface area contributed by atoms with Crippen molar-refractivity contribution in [3.05, 3.63) is 71.0 Å². The van der Waals surface area contributed by atoms with Crippen molar-refractivity contribution in [3.8, 4) is 0 Å². The van der Waals surface area contributed by atoms with Crippen molar-refractivity contribution >= 4 is 17.7 Å². The molecule has 3 aliphatic rings. The number of anilines is 1. The molecule has 5 rings (SSSR count). The summed E-state index contributed by atoms with van der Waals surface area (Å²) in [5.41, 5.74) is 4.38. The van der Waals surface area contributed by atoms with E-state index in [2.05, 4.69) is 34.5 Å². The number of aryl methyl sites for hydroxylation is 1. The number of fused-ring (bicyclic) bond motifs is 2. The van der Waals surface area contributed by atoms with Crippen LogP contribution in [0.3, 0.4) is 0 Å². The molecular formula is C29H36FN3O2. The standard InChI is InChI=1S/C29H36FN3O2/c1-21-18-22(6-8-25(21)30)7-9-28(35)33-14-10-23(11-15-33)27(34)19-32-16-12-29(13-17-32)20-31-26-5-3-2-4-24(26)29/h2-9,18,23,27,31,34H,10-17,19-20H2,1H3/b9-7+. The Morgan fingerprint density at radius 2 is 1.91 bits per heavy atom. The van der Waals surface area contributed by atoms with Crippen LogP contribution in [0.4, 0.5) is 10.1 Å². The number of halogens is 1. The Kier molecular flexibility index (Phi) is 6.94. The first-order valence-electron chi connectivity index (χ1n) is 12.9. The van der Waals surface area contributed by atoms with Crippen LogP contribution in [0, 0.1) is 18.7 Å². The molecule has 3 heterocycles. The number of benzene rings is 2. The third-order valence-corrected chi connectivity index (χ3v) is 8.37. The number of likely N-dealkylation sites (tertiary alicyclic amines) is 2. The Hall–Kier alpha value is -2.70. The molecule has 0 aliphatic carbocycles. The number of carbonyl (C=O) groups excluding carboxylic acids is 1. The number of rotatable bonds is 5. The highest BCUT2D eigenvalue weighted by atomic mass is 19.1. The number of amides is 1. The number of para-hydroxylation sites is 1. The first kappa shape index (κ1) is 24.0. The normalized spacial score (nSPS) is 21.3. The second-order valence-corrected chi connectivity index (χ2v) is 10.6. The highest BCUT2D eigenvalue weighted by Crippen LogP contribution is 2.43. The minimum Gasteiger partial charge on any atom is -0.392 e. The van der Waals surface area contributed by atoms with Gasteiger partial charge in [0.2, 0.25) is 5.91 Å². The maximum atomic E-state index is 13.4. The second-order valence-electron chi connectivity index (χ2n) is 10.6. The first-order valence-corrected chi connectivity index (χ1v) is 12.9. The van der Waals surface area contributed by atoms with E-state index in [1.807, 2.05) is 4.90 Å². The molecule has 2 saturated heterocycles. The van der Waals surface area contributed by atoms with Gasteiger partial charge in [0.05, 0.1) is 6.10 Å². The van der Waals surface area contributed by atoms with Gasteiger partial charge in [0.25, 0.3) is 0 Å². The molecule has 3 aliphatic heterocycles. The van der Waals surface area contributed by atoms with Gasteiger partial charge in [-0.25, -0.2) is 4.39 Å². The molecule has 1 amide bonds. The lowest BCUT2D eigenvalue weighted by molar-refractivity contribution is -0.128. The SMILES string of the molecule is Cc1cc(/C=C/C(=O)N2CCC(C(O)CN3CCC4(CC3)CNc3ccccc34)CC2)ccc1F. The van der Waals surface area contributed by atoms with Gasteiger partial charge in [0, 0.05) is 43.4 Å². The van der Waals surface area contributed by atoms with Crippen LogP contribution in [-0.2, 0) is 10.2 Å². The fourth-order valence-electron chi connectivity index (χ4n) is 6.03. The third-order valence-electron chi connectivity index (χ3n) is 8.37. The number of aliphatic hydroxyl groups excluding tert-OH is 1. The van der Waals surface area contributed by atoms with Crippen LogP contribution in [0.5, 0.6) is 0 Å². The largest absolute Gasteiger partial charge is 0.392 e. The molecule has 35 heavy (non-hydrogen) atoms. The van der Waals surface area contributed by atoms with Gasteiger partial charge < -0.3 is 20.2 Å². The van der Waals surface area contributed by atoms with E-state index in [4.69, 9.17) is 0 Å². The Bertz CT molecular complexity index is 1090. The molecule has 5 nitrogen and oxygen atoms in total. The summed E-state index contributed by atoms with van der Waals surface area (Å²) in [4.78, 5) is 16.9. The van der Waals surface area contributed by atoms with Crippen LogP contribution in [-0.4, -0.2) is 66.2 Å². The van der Waals surface area contributed by atoms with Crippen LogP contribution in [0.2, 0.25) is 0 Å². The first-order chi connectivity index (χ1) is 16.9. The molecule has 2 aromatic rings. The summed E-state index contributed by atoms with van der Waals surface area (Å²) in [7, 11) is 0. The van der Waals surface area contributed by atoms with E-state index in [0.717, 1.165) is 50.9 Å². The fraction of sp³-hybridized carbons (Fsp3) is 0.483. The summed E-state index contributed by atoms with van der Waals surface area (Å²) in [5.74, 6) is -0.0294. The van der Waals surface area contributed by atoms with Crippen molar-refractivity contribution in [2.75, 3.05) is 44.6 Å². The second kappa shape index (κ2) is 10.1. The van der Waals surface area contributed by atoms with E-state index in [9.17, 15) is 14.3 Å². The number of hydrogen-bond acceptors (Lipinski definition) is 4. The van der Waals surface area contributed by atoms with E-state index < -0.39 is 0 Å². The van der Waals surface area contributed by atoms with Gasteiger partial charge in [-0.05, 0) is 92.6 Å². The smallest absolute Gasteiger partial charge is 0.246 e. The topological polar surface area (TPSA) is 55.8 Å². The van der Waals surface area contributed by atoms with Crippen LogP contribution >= 0.6 is 0 Å². The van der Waals surface area contributed by atoms with Gasteiger partial charge >= 0.3 is 0 Å². The molecule has 1 atom stereocenters. The molecule has 2 N–H and O–H groups in total. The van der Waals surface area contributed by atoms with Crippen molar-refractivity contribution in [1.82, 2.24) is 9.80 Å². The van der Waals surface area contributed by atoms with E-state index >= 15 is 0 Å². The summed E-state index contributed by atoms with van der Waals surface area (Å²) in [5, 5.41) is 14.5. The molecule has 1 spiro atoms. The molecule has 0 aromatic heterocycles. The summed E-state index contributed by atoms with van der Waals surface area (Å²) in [6.07, 6.45) is 6.86. The van der Waals surface area contributed by atoms with Crippen molar-refractivity contribution < 1.29 is 14.3 Å². The fourth-order valence-corrected chi connectivity index (χ4v) is 6.03. The van der Waals surface area contributed by atoms with Crippen LogP contribution in [0.25, 0.3) is 6.08 Å². The molecule has 1 unspecified atom stereocenters. The number of nitrogens with one attached hydrogen (secondary N) is 1. The molecule has 0 radical (unpaired) electrons. The zero-order chi connectivity index (χ0) is 24.4. The Morgan fingerprint density at radius 3 is 2.66 bits per heavy atom. The number of β-amino-alcohol motifs (C(OH)–C–C–N with tert-alkyl or cyclic N) is 1. The van der Waals surface area contributed by atoms with Crippen molar-refractivity contribution in [3.63, 3.8) is 0 Å². The maximum Gasteiger partial charge on any atom is 0.246 e. The molecule has 186 valence electrons. The van der Waals surface area contributed by atoms with Gasteiger partial charge in [-0.3, -0.25) is 4.79 Å². The summed E-state index contributed by atoms with van der Waals surface area (Å²) in [6, 6.07) is 13.5. The highest BCUT2D eigenvalue weighted by molar-refractivity contribution is 5.91. The van der Waals surface area contributed by atoms with E-state index in [1.54, 1.807) is 31.2 Å². The number of hydrogen-bond donors (Lipinski definition) is 2. The quantitative estimate of drug-likeness (QED) is 0.634. The van der Waals surface area contributed by atoms with Gasteiger partial charge in [-0.2, -0.15) is 0 Å². The van der Waals surface area contributed by atoms with E-state index in [1.165, 1.54) is 17.3 Å². The molecular weight excluding hydrogens is 441 g/mol. The van der Waals surface area contributed by atoms with Crippen molar-refractivity contribution in [2.24, 2.45) is 5.92 Å². The van der Waals surface area contributed by atoms with E-state index in [0.29, 0.717) is 25.2 Å². The number of nitrogens with zero attached hydrogens (tertiary/aromatic N) is 2. The molecule has 0 saturated carbocycles. The van der Waals surface area contributed by atoms with Gasteiger partial charge in [0.15, 0.2) is 0 Å². The number of aliphatic hydroxyl groups is 1. The Morgan fingerprint density at radius 1 is 1.17 bits per heavy atom. The van der Waals surface area contributed by atoms with Crippen molar-refractivity contribution in [1.29, 1.82) is 0 Å². The Labute approximate surface area is 207 Å². The number of piperidine rings is 2. The minimum absolute atomic E-state index is 0.0216. The number of carbonyl (C=O) groups is 1. The van der Waals surface area contributed by atoms with Gasteiger partial charge in [0.1, 0.15) is 5.82 Å². The Balaban J connectivity index is 1.07.